The maximum Gasteiger partial charge on any atom is 0.238 e. The van der Waals surface area contributed by atoms with Gasteiger partial charge in [-0.15, -0.1) is 0 Å². The van der Waals surface area contributed by atoms with E-state index in [2.05, 4.69) is 25.6 Å². The van der Waals surface area contributed by atoms with Gasteiger partial charge in [-0.2, -0.15) is 0 Å². The van der Waals surface area contributed by atoms with Gasteiger partial charge in [0, 0.05) is 5.69 Å². The Morgan fingerprint density at radius 1 is 1.33 bits per heavy atom. The molecule has 1 aromatic heterocycles. The Hall–Kier alpha value is -1.12. The highest BCUT2D eigenvalue weighted by atomic mass is 79.9. The third-order valence-electron chi connectivity index (χ3n) is 2.06. The fraction of sp³-hybridized carbons (Fsp3) is 0.100. The van der Waals surface area contributed by atoms with E-state index in [-0.39, 0.29) is 5.75 Å². The van der Waals surface area contributed by atoms with Crippen LogP contribution < -0.4 is 10.5 Å². The average Bonchev–Trinajstić information content (AvgIpc) is 2.66. The summed E-state index contributed by atoms with van der Waals surface area (Å²) in [7, 11) is -3.45. The van der Waals surface area contributed by atoms with E-state index in [0.717, 1.165) is 3.79 Å². The van der Waals surface area contributed by atoms with Crippen molar-refractivity contribution in [1.82, 2.24) is 4.98 Å². The first kappa shape index (κ1) is 13.3. The van der Waals surface area contributed by atoms with Crippen LogP contribution in [0.2, 0.25) is 0 Å². The second kappa shape index (κ2) is 5.25. The van der Waals surface area contributed by atoms with Crippen LogP contribution in [0.5, 0.6) is 0 Å². The molecule has 2 rings (SSSR count). The van der Waals surface area contributed by atoms with Crippen LogP contribution in [-0.2, 0) is 15.8 Å². The Morgan fingerprint density at radius 3 is 2.56 bits per heavy atom. The summed E-state index contributed by atoms with van der Waals surface area (Å²) in [5.41, 5.74) is 6.82. The molecule has 0 aliphatic carbocycles. The Kier molecular flexibility index (Phi) is 3.88. The standard InChI is InChI=1S/C10H10BrN3O2S2/c11-9-5-13-10(17-9)14-18(15,16)6-7-1-3-8(12)4-2-7/h1-5H,6,12H2,(H,13,14). The van der Waals surface area contributed by atoms with Crippen molar-refractivity contribution in [3.63, 3.8) is 0 Å². The van der Waals surface area contributed by atoms with E-state index in [1.165, 1.54) is 11.3 Å². The summed E-state index contributed by atoms with van der Waals surface area (Å²) in [5, 5.41) is 0.345. The lowest BCUT2D eigenvalue weighted by molar-refractivity contribution is 0.600. The Morgan fingerprint density at radius 2 is 2.00 bits per heavy atom. The molecule has 0 bridgehead atoms. The van der Waals surface area contributed by atoms with Gasteiger partial charge in [0.1, 0.15) is 0 Å². The van der Waals surface area contributed by atoms with Gasteiger partial charge in [0.05, 0.1) is 15.7 Å². The van der Waals surface area contributed by atoms with E-state index in [0.29, 0.717) is 16.4 Å². The van der Waals surface area contributed by atoms with Crippen LogP contribution in [0.4, 0.5) is 10.8 Å². The van der Waals surface area contributed by atoms with Gasteiger partial charge < -0.3 is 5.73 Å². The van der Waals surface area contributed by atoms with Crippen LogP contribution in [0.1, 0.15) is 5.56 Å². The molecule has 18 heavy (non-hydrogen) atoms. The van der Waals surface area contributed by atoms with Crippen LogP contribution in [0.25, 0.3) is 0 Å². The van der Waals surface area contributed by atoms with Gasteiger partial charge >= 0.3 is 0 Å². The van der Waals surface area contributed by atoms with Gasteiger partial charge in [0.25, 0.3) is 0 Å². The van der Waals surface area contributed by atoms with Gasteiger partial charge in [-0.1, -0.05) is 23.5 Å². The Balaban J connectivity index is 2.10. The largest absolute Gasteiger partial charge is 0.399 e. The Labute approximate surface area is 117 Å². The number of hydrogen-bond acceptors (Lipinski definition) is 5. The van der Waals surface area contributed by atoms with E-state index in [1.54, 1.807) is 30.5 Å². The van der Waals surface area contributed by atoms with Gasteiger partial charge in [-0.05, 0) is 33.6 Å². The van der Waals surface area contributed by atoms with Crippen molar-refractivity contribution >= 4 is 48.1 Å². The summed E-state index contributed by atoms with van der Waals surface area (Å²) in [5.74, 6) is -0.107. The van der Waals surface area contributed by atoms with Crippen molar-refractivity contribution in [2.24, 2.45) is 0 Å². The molecule has 8 heteroatoms. The number of halogens is 1. The Bertz CT molecular complexity index is 637. The third-order valence-corrected chi connectivity index (χ3v) is 4.80. The van der Waals surface area contributed by atoms with E-state index in [4.69, 9.17) is 5.73 Å². The molecule has 0 saturated heterocycles. The predicted molar refractivity (Wildman–Crippen MR) is 76.9 cm³/mol. The van der Waals surface area contributed by atoms with E-state index >= 15 is 0 Å². The predicted octanol–water partition coefficient (Wildman–Crippen LogP) is 2.43. The number of rotatable bonds is 4. The van der Waals surface area contributed by atoms with Crippen molar-refractivity contribution in [1.29, 1.82) is 0 Å². The van der Waals surface area contributed by atoms with Crippen molar-refractivity contribution < 1.29 is 8.42 Å². The molecule has 0 fully saturated rings. The first-order valence-corrected chi connectivity index (χ1v) is 8.17. The maximum atomic E-state index is 11.9. The molecule has 0 radical (unpaired) electrons. The number of benzene rings is 1. The molecule has 0 amide bonds. The number of nitrogens with two attached hydrogens (primary N) is 1. The van der Waals surface area contributed by atoms with Crippen LogP contribution >= 0.6 is 27.3 Å². The minimum Gasteiger partial charge on any atom is -0.399 e. The summed E-state index contributed by atoms with van der Waals surface area (Å²) in [6.45, 7) is 0. The SMILES string of the molecule is Nc1ccc(CS(=O)(=O)Nc2ncc(Br)s2)cc1. The van der Waals surface area contributed by atoms with Gasteiger partial charge in [0.15, 0.2) is 5.13 Å². The molecule has 0 saturated carbocycles. The monoisotopic (exact) mass is 347 g/mol. The molecule has 96 valence electrons. The maximum absolute atomic E-state index is 11.9. The number of anilines is 2. The molecule has 0 spiro atoms. The molecule has 0 unspecified atom stereocenters. The number of nitrogens with one attached hydrogen (secondary N) is 1. The molecule has 0 atom stereocenters. The summed E-state index contributed by atoms with van der Waals surface area (Å²) in [6.07, 6.45) is 1.55. The van der Waals surface area contributed by atoms with Gasteiger partial charge in [0.2, 0.25) is 10.0 Å². The van der Waals surface area contributed by atoms with Gasteiger partial charge in [-0.25, -0.2) is 13.4 Å². The highest BCUT2D eigenvalue weighted by Crippen LogP contribution is 2.24. The summed E-state index contributed by atoms with van der Waals surface area (Å²) in [4.78, 5) is 3.92. The number of nitrogen functional groups attached to an aromatic ring is 1. The highest BCUT2D eigenvalue weighted by Gasteiger charge is 2.13. The number of nitrogens with zero attached hydrogens (tertiary/aromatic N) is 1. The molecule has 0 aliphatic rings. The zero-order valence-corrected chi connectivity index (χ0v) is 12.3. The lowest BCUT2D eigenvalue weighted by Crippen LogP contribution is -2.14. The second-order valence-corrected chi connectivity index (χ2v) is 7.70. The zero-order valence-electron chi connectivity index (χ0n) is 9.13. The molecule has 3 N–H and O–H groups in total. The lowest BCUT2D eigenvalue weighted by atomic mass is 10.2. The summed E-state index contributed by atoms with van der Waals surface area (Å²) < 4.78 is 26.9. The van der Waals surface area contributed by atoms with Crippen molar-refractivity contribution in [2.75, 3.05) is 10.5 Å². The number of hydrogen-bond donors (Lipinski definition) is 2. The molecule has 5 nitrogen and oxygen atoms in total. The number of sulfonamides is 1. The molecule has 0 aliphatic heterocycles. The lowest BCUT2D eigenvalue weighted by Gasteiger charge is -2.05. The van der Waals surface area contributed by atoms with Gasteiger partial charge in [-0.3, -0.25) is 4.72 Å². The average molecular weight is 348 g/mol. The van der Waals surface area contributed by atoms with E-state index in [1.807, 2.05) is 0 Å². The molecular weight excluding hydrogens is 338 g/mol. The molecule has 2 aromatic rings. The van der Waals surface area contributed by atoms with E-state index < -0.39 is 10.0 Å². The van der Waals surface area contributed by atoms with E-state index in [9.17, 15) is 8.42 Å². The fourth-order valence-electron chi connectivity index (χ4n) is 1.30. The smallest absolute Gasteiger partial charge is 0.238 e. The second-order valence-electron chi connectivity index (χ2n) is 3.57. The minimum atomic E-state index is -3.45. The van der Waals surface area contributed by atoms with Crippen molar-refractivity contribution in [3.05, 3.63) is 39.8 Å². The molecule has 1 aromatic carbocycles. The number of thiazole rings is 1. The highest BCUT2D eigenvalue weighted by molar-refractivity contribution is 9.11. The van der Waals surface area contributed by atoms with Crippen LogP contribution in [0.15, 0.2) is 34.2 Å². The van der Waals surface area contributed by atoms with Crippen molar-refractivity contribution in [2.45, 2.75) is 5.75 Å². The summed E-state index contributed by atoms with van der Waals surface area (Å²) >= 11 is 4.44. The first-order valence-electron chi connectivity index (χ1n) is 4.91. The quantitative estimate of drug-likeness (QED) is 0.831. The molecule has 1 heterocycles. The molecular formula is C10H10BrN3O2S2. The fourth-order valence-corrected chi connectivity index (χ4v) is 3.83. The van der Waals surface area contributed by atoms with Crippen LogP contribution in [-0.4, -0.2) is 13.4 Å². The topological polar surface area (TPSA) is 85.1 Å². The third kappa shape index (κ3) is 3.69. The van der Waals surface area contributed by atoms with Crippen molar-refractivity contribution in [3.8, 4) is 0 Å². The van der Waals surface area contributed by atoms with Crippen LogP contribution in [0.3, 0.4) is 0 Å². The normalized spacial score (nSPS) is 11.4. The summed E-state index contributed by atoms with van der Waals surface area (Å²) in [6, 6.07) is 6.72. The minimum absolute atomic E-state index is 0.107. The first-order chi connectivity index (χ1) is 8.44. The number of aromatic nitrogens is 1. The zero-order chi connectivity index (χ0) is 13.2. The van der Waals surface area contributed by atoms with Crippen LogP contribution in [0, 0.1) is 0 Å².